The summed E-state index contributed by atoms with van der Waals surface area (Å²) >= 11 is 0. The van der Waals surface area contributed by atoms with Gasteiger partial charge in [-0.25, -0.2) is 4.79 Å². The zero-order valence-corrected chi connectivity index (χ0v) is 16.0. The molecule has 0 atom stereocenters. The quantitative estimate of drug-likeness (QED) is 0.471. The first kappa shape index (κ1) is 19.1. The number of pyridine rings is 1. The van der Waals surface area contributed by atoms with E-state index in [0.29, 0.717) is 28.7 Å². The van der Waals surface area contributed by atoms with Crippen molar-refractivity contribution in [3.8, 4) is 11.5 Å². The predicted molar refractivity (Wildman–Crippen MR) is 112 cm³/mol. The smallest absolute Gasteiger partial charge is 0.319 e. The van der Waals surface area contributed by atoms with E-state index in [9.17, 15) is 9.59 Å². The van der Waals surface area contributed by atoms with Crippen LogP contribution in [-0.2, 0) is 4.79 Å². The lowest BCUT2D eigenvalue weighted by atomic mass is 10.2. The molecule has 0 unspecified atom stereocenters. The molecular formula is C21H18N6O3. The fourth-order valence-corrected chi connectivity index (χ4v) is 2.84. The van der Waals surface area contributed by atoms with E-state index in [1.165, 1.54) is 0 Å². The second-order valence-electron chi connectivity index (χ2n) is 6.44. The summed E-state index contributed by atoms with van der Waals surface area (Å²) in [5.41, 5.74) is 2.58. The Hall–Kier alpha value is -4.27. The number of benzene rings is 2. The lowest BCUT2D eigenvalue weighted by Gasteiger charge is -2.10. The van der Waals surface area contributed by atoms with Gasteiger partial charge in [-0.2, -0.15) is 0 Å². The molecule has 0 radical (unpaired) electrons. The van der Waals surface area contributed by atoms with Crippen LogP contribution in [0.25, 0.3) is 22.4 Å². The molecular weight excluding hydrogens is 384 g/mol. The fraction of sp³-hybridized carbons (Fsp3) is 0.0952. The van der Waals surface area contributed by atoms with E-state index in [0.717, 1.165) is 10.9 Å². The summed E-state index contributed by atoms with van der Waals surface area (Å²) in [5.74, 6) is 0.526. The molecule has 2 aromatic heterocycles. The minimum Gasteiger partial charge on any atom is -0.421 e. The SMILES string of the molecule is Cc1nnc(-c2ccc(NC(=O)NCC(=O)Nc3cccc4cccnc34)cc2)o1. The molecule has 4 aromatic rings. The zero-order valence-electron chi connectivity index (χ0n) is 16.0. The van der Waals surface area contributed by atoms with Crippen LogP contribution in [0.2, 0.25) is 0 Å². The summed E-state index contributed by atoms with van der Waals surface area (Å²) in [7, 11) is 0. The van der Waals surface area contributed by atoms with Crippen LogP contribution in [0.5, 0.6) is 0 Å². The molecule has 0 fully saturated rings. The lowest BCUT2D eigenvalue weighted by Crippen LogP contribution is -2.35. The topological polar surface area (TPSA) is 122 Å². The second-order valence-corrected chi connectivity index (χ2v) is 6.44. The van der Waals surface area contributed by atoms with Crippen molar-refractivity contribution in [1.29, 1.82) is 0 Å². The molecule has 30 heavy (non-hydrogen) atoms. The molecule has 0 spiro atoms. The van der Waals surface area contributed by atoms with Crippen molar-refractivity contribution in [1.82, 2.24) is 20.5 Å². The number of carbonyl (C=O) groups is 2. The summed E-state index contributed by atoms with van der Waals surface area (Å²) in [6, 6.07) is 15.7. The molecule has 2 heterocycles. The largest absolute Gasteiger partial charge is 0.421 e. The minimum atomic E-state index is -0.498. The van der Waals surface area contributed by atoms with Crippen molar-refractivity contribution in [3.63, 3.8) is 0 Å². The number of hydrogen-bond donors (Lipinski definition) is 3. The van der Waals surface area contributed by atoms with Gasteiger partial charge in [-0.1, -0.05) is 18.2 Å². The van der Waals surface area contributed by atoms with E-state index in [1.54, 1.807) is 43.5 Å². The Balaban J connectivity index is 1.30. The molecule has 9 nitrogen and oxygen atoms in total. The Morgan fingerprint density at radius 3 is 2.53 bits per heavy atom. The maximum Gasteiger partial charge on any atom is 0.319 e. The molecule has 3 amide bonds. The predicted octanol–water partition coefficient (Wildman–Crippen LogP) is 3.35. The molecule has 4 rings (SSSR count). The number of urea groups is 1. The number of carbonyl (C=O) groups excluding carboxylic acids is 2. The van der Waals surface area contributed by atoms with Gasteiger partial charge in [0.1, 0.15) is 0 Å². The molecule has 0 aliphatic carbocycles. The molecule has 0 bridgehead atoms. The normalized spacial score (nSPS) is 10.6. The molecule has 9 heteroatoms. The van der Waals surface area contributed by atoms with Gasteiger partial charge in [-0.05, 0) is 36.4 Å². The Morgan fingerprint density at radius 2 is 1.77 bits per heavy atom. The molecule has 150 valence electrons. The first-order chi connectivity index (χ1) is 14.6. The van der Waals surface area contributed by atoms with Crippen LogP contribution in [0.1, 0.15) is 5.89 Å². The average Bonchev–Trinajstić information content (AvgIpc) is 3.19. The number of fused-ring (bicyclic) bond motifs is 1. The monoisotopic (exact) mass is 402 g/mol. The van der Waals surface area contributed by atoms with Gasteiger partial charge in [0.05, 0.1) is 17.7 Å². The highest BCUT2D eigenvalue weighted by Gasteiger charge is 2.10. The maximum atomic E-state index is 12.2. The first-order valence-electron chi connectivity index (χ1n) is 9.17. The van der Waals surface area contributed by atoms with Crippen LogP contribution >= 0.6 is 0 Å². The third-order valence-corrected chi connectivity index (χ3v) is 4.23. The number of rotatable bonds is 5. The van der Waals surface area contributed by atoms with Crippen LogP contribution in [0.4, 0.5) is 16.2 Å². The molecule has 0 saturated carbocycles. The zero-order chi connectivity index (χ0) is 20.9. The number of nitrogens with zero attached hydrogens (tertiary/aromatic N) is 3. The van der Waals surface area contributed by atoms with Crippen LogP contribution in [-0.4, -0.2) is 33.7 Å². The van der Waals surface area contributed by atoms with Gasteiger partial charge in [-0.3, -0.25) is 9.78 Å². The van der Waals surface area contributed by atoms with Gasteiger partial charge in [0.25, 0.3) is 0 Å². The number of amides is 3. The van der Waals surface area contributed by atoms with Crippen LogP contribution in [0, 0.1) is 6.92 Å². The molecule has 2 aromatic carbocycles. The van der Waals surface area contributed by atoms with Crippen molar-refractivity contribution < 1.29 is 14.0 Å². The van der Waals surface area contributed by atoms with Gasteiger partial charge in [0.2, 0.25) is 17.7 Å². The van der Waals surface area contributed by atoms with Crippen LogP contribution in [0.15, 0.2) is 65.2 Å². The first-order valence-corrected chi connectivity index (χ1v) is 9.17. The summed E-state index contributed by atoms with van der Waals surface area (Å²) < 4.78 is 5.36. The van der Waals surface area contributed by atoms with E-state index in [-0.39, 0.29) is 12.5 Å². The van der Waals surface area contributed by atoms with Crippen molar-refractivity contribution in [2.45, 2.75) is 6.92 Å². The van der Waals surface area contributed by atoms with Crippen LogP contribution in [0.3, 0.4) is 0 Å². The van der Waals surface area contributed by atoms with Gasteiger partial charge in [-0.15, -0.1) is 10.2 Å². The number of nitrogens with one attached hydrogen (secondary N) is 3. The standard InChI is InChI=1S/C21H18N6O3/c1-13-26-27-20(30-13)15-7-9-16(10-8-15)24-21(29)23-12-18(28)25-17-6-2-4-14-5-3-11-22-19(14)17/h2-11H,12H2,1H3,(H,25,28)(H2,23,24,29). The van der Waals surface area contributed by atoms with Crippen LogP contribution < -0.4 is 16.0 Å². The van der Waals surface area contributed by atoms with Gasteiger partial charge < -0.3 is 20.4 Å². The fourth-order valence-electron chi connectivity index (χ4n) is 2.84. The van der Waals surface area contributed by atoms with Crippen molar-refractivity contribution >= 4 is 34.2 Å². The van der Waals surface area contributed by atoms with E-state index in [1.807, 2.05) is 24.3 Å². The highest BCUT2D eigenvalue weighted by molar-refractivity contribution is 6.02. The Bertz CT molecular complexity index is 1200. The third-order valence-electron chi connectivity index (χ3n) is 4.23. The number of hydrogen-bond acceptors (Lipinski definition) is 6. The third kappa shape index (κ3) is 4.41. The molecule has 3 N–H and O–H groups in total. The number of aromatic nitrogens is 3. The van der Waals surface area contributed by atoms with Gasteiger partial charge in [0.15, 0.2) is 0 Å². The Morgan fingerprint density at radius 1 is 0.967 bits per heavy atom. The van der Waals surface area contributed by atoms with E-state index in [4.69, 9.17) is 4.42 Å². The molecule has 0 aliphatic rings. The lowest BCUT2D eigenvalue weighted by molar-refractivity contribution is -0.115. The molecule has 0 saturated heterocycles. The average molecular weight is 402 g/mol. The van der Waals surface area contributed by atoms with Gasteiger partial charge >= 0.3 is 6.03 Å². The minimum absolute atomic E-state index is 0.186. The Labute approximate surface area is 171 Å². The van der Waals surface area contributed by atoms with Crippen molar-refractivity contribution in [2.24, 2.45) is 0 Å². The molecule has 0 aliphatic heterocycles. The Kier molecular flexibility index (Phi) is 5.33. The number of aryl methyl sites for hydroxylation is 1. The summed E-state index contributed by atoms with van der Waals surface area (Å²) in [6.07, 6.45) is 1.66. The second kappa shape index (κ2) is 8.39. The summed E-state index contributed by atoms with van der Waals surface area (Å²) in [6.45, 7) is 1.53. The van der Waals surface area contributed by atoms with E-state index < -0.39 is 6.03 Å². The van der Waals surface area contributed by atoms with Crippen molar-refractivity contribution in [2.75, 3.05) is 17.2 Å². The summed E-state index contributed by atoms with van der Waals surface area (Å²) in [4.78, 5) is 28.6. The van der Waals surface area contributed by atoms with Crippen molar-refractivity contribution in [3.05, 3.63) is 66.7 Å². The van der Waals surface area contributed by atoms with E-state index >= 15 is 0 Å². The highest BCUT2D eigenvalue weighted by Crippen LogP contribution is 2.21. The summed E-state index contributed by atoms with van der Waals surface area (Å²) in [5, 5.41) is 16.6. The number of anilines is 2. The highest BCUT2D eigenvalue weighted by atomic mass is 16.4. The van der Waals surface area contributed by atoms with Gasteiger partial charge in [0, 0.05) is 29.8 Å². The maximum absolute atomic E-state index is 12.2. The number of para-hydroxylation sites is 1. The van der Waals surface area contributed by atoms with E-state index in [2.05, 4.69) is 31.1 Å².